The molecule has 1 fully saturated rings. The average Bonchev–Trinajstić information content (AvgIpc) is 2.74. The third-order valence-corrected chi connectivity index (χ3v) is 6.64. The predicted octanol–water partition coefficient (Wildman–Crippen LogP) is 1.95. The number of aryl methyl sites for hydroxylation is 1. The van der Waals surface area contributed by atoms with Crippen molar-refractivity contribution in [3.8, 4) is 5.75 Å². The summed E-state index contributed by atoms with van der Waals surface area (Å²) in [6.07, 6.45) is 1.02. The molecule has 0 saturated carbocycles. The number of hydrogen-bond donors (Lipinski definition) is 2. The zero-order valence-electron chi connectivity index (χ0n) is 14.0. The first kappa shape index (κ1) is 19.5. The van der Waals surface area contributed by atoms with Crippen molar-refractivity contribution in [1.29, 1.82) is 0 Å². The number of sulfonamides is 1. The van der Waals surface area contributed by atoms with E-state index in [1.807, 2.05) is 0 Å². The molecule has 1 aromatic rings. The molecule has 1 aliphatic heterocycles. The Hall–Kier alpha value is -0.860. The fourth-order valence-electron chi connectivity index (χ4n) is 2.80. The molecule has 2 rings (SSSR count). The van der Waals surface area contributed by atoms with Gasteiger partial charge in [0.15, 0.2) is 0 Å². The molecule has 0 aliphatic carbocycles. The summed E-state index contributed by atoms with van der Waals surface area (Å²) in [6.45, 7) is 3.95. The summed E-state index contributed by atoms with van der Waals surface area (Å²) in [5, 5.41) is 19.9. The fourth-order valence-corrected chi connectivity index (χ4v) is 4.64. The molecule has 0 aromatic heterocycles. The smallest absolute Gasteiger partial charge is 0.246 e. The number of rotatable bonds is 5. The minimum Gasteiger partial charge on any atom is -0.492 e. The van der Waals surface area contributed by atoms with Crippen LogP contribution in [0.1, 0.15) is 31.7 Å². The van der Waals surface area contributed by atoms with E-state index in [2.05, 4.69) is 0 Å². The zero-order valence-corrected chi connectivity index (χ0v) is 15.5. The van der Waals surface area contributed by atoms with Crippen molar-refractivity contribution in [3.05, 3.63) is 22.7 Å². The summed E-state index contributed by atoms with van der Waals surface area (Å²) in [5.74, 6) is 0.279. The summed E-state index contributed by atoms with van der Waals surface area (Å²) in [4.78, 5) is 0.0365. The number of aliphatic hydroxyl groups is 2. The van der Waals surface area contributed by atoms with Crippen molar-refractivity contribution in [3.63, 3.8) is 0 Å². The summed E-state index contributed by atoms with van der Waals surface area (Å²) >= 11 is 6.12. The van der Waals surface area contributed by atoms with Crippen LogP contribution in [0.15, 0.2) is 17.0 Å². The molecule has 1 heterocycles. The summed E-state index contributed by atoms with van der Waals surface area (Å²) in [5.41, 5.74) is -0.484. The maximum Gasteiger partial charge on any atom is 0.246 e. The Bertz CT molecular complexity index is 694. The van der Waals surface area contributed by atoms with Crippen LogP contribution in [0.4, 0.5) is 0 Å². The highest BCUT2D eigenvalue weighted by Crippen LogP contribution is 2.34. The summed E-state index contributed by atoms with van der Waals surface area (Å²) in [6, 6.07) is 3.04. The lowest BCUT2D eigenvalue weighted by Gasteiger charge is -2.25. The molecule has 0 radical (unpaired) electrons. The van der Waals surface area contributed by atoms with Gasteiger partial charge in [0.2, 0.25) is 10.0 Å². The number of ether oxygens (including phenoxy) is 1. The van der Waals surface area contributed by atoms with Crippen molar-refractivity contribution in [1.82, 2.24) is 4.31 Å². The molecule has 0 bridgehead atoms. The molecule has 8 heteroatoms. The van der Waals surface area contributed by atoms with Gasteiger partial charge in [0.05, 0.1) is 18.8 Å². The van der Waals surface area contributed by atoms with E-state index in [0.717, 1.165) is 5.56 Å². The minimum atomic E-state index is -3.80. The first-order valence-electron chi connectivity index (χ1n) is 8.00. The molecule has 0 spiro atoms. The van der Waals surface area contributed by atoms with Crippen molar-refractivity contribution in [2.24, 2.45) is 0 Å². The topological polar surface area (TPSA) is 87.1 Å². The van der Waals surface area contributed by atoms with Gasteiger partial charge < -0.3 is 14.9 Å². The van der Waals surface area contributed by atoms with E-state index in [9.17, 15) is 18.6 Å². The lowest BCUT2D eigenvalue weighted by Crippen LogP contribution is -2.36. The maximum absolute atomic E-state index is 13.0. The molecule has 1 aliphatic rings. The van der Waals surface area contributed by atoms with E-state index in [4.69, 9.17) is 16.3 Å². The maximum atomic E-state index is 13.0. The van der Waals surface area contributed by atoms with Crippen LogP contribution in [-0.4, -0.2) is 54.8 Å². The Morgan fingerprint density at radius 1 is 1.33 bits per heavy atom. The largest absolute Gasteiger partial charge is 0.492 e. The van der Waals surface area contributed by atoms with Crippen LogP contribution in [0.2, 0.25) is 5.02 Å². The van der Waals surface area contributed by atoms with Gasteiger partial charge in [-0.2, -0.15) is 4.31 Å². The van der Waals surface area contributed by atoms with Crippen LogP contribution >= 0.6 is 11.6 Å². The third-order valence-electron chi connectivity index (χ3n) is 4.31. The highest BCUT2D eigenvalue weighted by Gasteiger charge is 2.35. The Balaban J connectivity index is 2.38. The van der Waals surface area contributed by atoms with Crippen LogP contribution in [0.3, 0.4) is 0 Å². The molecular formula is C16H24ClNO5S. The monoisotopic (exact) mass is 377 g/mol. The lowest BCUT2D eigenvalue weighted by atomic mass is 9.96. The number of halogens is 1. The second-order valence-corrected chi connectivity index (χ2v) is 8.43. The molecule has 1 aromatic carbocycles. The SMILES string of the molecule is CCOc1cc(C)c(Cl)cc1S(=O)(=O)N1CCC[C@](O)(CO)CC1. The van der Waals surface area contributed by atoms with Crippen LogP contribution in [0, 0.1) is 6.92 Å². The summed E-state index contributed by atoms with van der Waals surface area (Å²) in [7, 11) is -3.80. The van der Waals surface area contributed by atoms with Gasteiger partial charge in [-0.05, 0) is 50.8 Å². The zero-order chi connectivity index (χ0) is 18.0. The van der Waals surface area contributed by atoms with Gasteiger partial charge in [-0.3, -0.25) is 0 Å². The van der Waals surface area contributed by atoms with Crippen LogP contribution < -0.4 is 4.74 Å². The second kappa shape index (κ2) is 7.58. The molecule has 1 saturated heterocycles. The van der Waals surface area contributed by atoms with Crippen LogP contribution in [0.5, 0.6) is 5.75 Å². The van der Waals surface area contributed by atoms with Crippen LogP contribution in [0.25, 0.3) is 0 Å². The molecule has 1 atom stereocenters. The van der Waals surface area contributed by atoms with Crippen molar-refractivity contribution >= 4 is 21.6 Å². The van der Waals surface area contributed by atoms with Gasteiger partial charge in [0, 0.05) is 18.1 Å². The Morgan fingerprint density at radius 2 is 2.04 bits per heavy atom. The molecule has 24 heavy (non-hydrogen) atoms. The predicted molar refractivity (Wildman–Crippen MR) is 92.0 cm³/mol. The molecular weight excluding hydrogens is 354 g/mol. The third kappa shape index (κ3) is 4.03. The van der Waals surface area contributed by atoms with Gasteiger partial charge >= 0.3 is 0 Å². The molecule has 0 unspecified atom stereocenters. The number of aliphatic hydroxyl groups excluding tert-OH is 1. The highest BCUT2D eigenvalue weighted by atomic mass is 35.5. The van der Waals surface area contributed by atoms with Gasteiger partial charge in [-0.25, -0.2) is 8.42 Å². The van der Waals surface area contributed by atoms with Gasteiger partial charge in [-0.1, -0.05) is 11.6 Å². The summed E-state index contributed by atoms with van der Waals surface area (Å²) < 4.78 is 32.9. The highest BCUT2D eigenvalue weighted by molar-refractivity contribution is 7.89. The van der Waals surface area contributed by atoms with E-state index in [-0.39, 0.29) is 36.8 Å². The standard InChI is InChI=1S/C16H24ClNO5S/c1-3-23-14-9-12(2)13(17)10-15(14)24(21,22)18-7-4-5-16(20,11-19)6-8-18/h9-10,19-20H,3-8,11H2,1-2H3/t16-/m1/s1. The fraction of sp³-hybridized carbons (Fsp3) is 0.625. The van der Waals surface area contributed by atoms with Gasteiger partial charge in [-0.15, -0.1) is 0 Å². The minimum absolute atomic E-state index is 0.0365. The Labute approximate surface area is 148 Å². The van der Waals surface area contributed by atoms with E-state index in [1.54, 1.807) is 19.9 Å². The van der Waals surface area contributed by atoms with E-state index >= 15 is 0 Å². The Morgan fingerprint density at radius 3 is 2.67 bits per heavy atom. The Kier molecular flexibility index (Phi) is 6.14. The molecule has 0 amide bonds. The van der Waals surface area contributed by atoms with Gasteiger partial charge in [0.25, 0.3) is 0 Å². The van der Waals surface area contributed by atoms with E-state index < -0.39 is 15.6 Å². The van der Waals surface area contributed by atoms with Crippen molar-refractivity contribution in [2.75, 3.05) is 26.3 Å². The van der Waals surface area contributed by atoms with Crippen molar-refractivity contribution < 1.29 is 23.4 Å². The number of nitrogens with zero attached hydrogens (tertiary/aromatic N) is 1. The average molecular weight is 378 g/mol. The van der Waals surface area contributed by atoms with Crippen LogP contribution in [-0.2, 0) is 10.0 Å². The first-order chi connectivity index (χ1) is 11.2. The van der Waals surface area contributed by atoms with E-state index in [0.29, 0.717) is 24.5 Å². The lowest BCUT2D eigenvalue weighted by molar-refractivity contribution is -0.0244. The second-order valence-electron chi connectivity index (χ2n) is 6.12. The molecule has 136 valence electrons. The molecule has 6 nitrogen and oxygen atoms in total. The first-order valence-corrected chi connectivity index (χ1v) is 9.81. The normalized spacial score (nSPS) is 23.0. The number of hydrogen-bond acceptors (Lipinski definition) is 5. The van der Waals surface area contributed by atoms with Gasteiger partial charge in [0.1, 0.15) is 10.6 Å². The van der Waals surface area contributed by atoms with Crippen molar-refractivity contribution in [2.45, 2.75) is 43.6 Å². The van der Waals surface area contributed by atoms with E-state index in [1.165, 1.54) is 10.4 Å². The number of benzene rings is 1. The molecule has 2 N–H and O–H groups in total. The quantitative estimate of drug-likeness (QED) is 0.818.